The average Bonchev–Trinajstić information content (AvgIpc) is 2.82. The lowest BCUT2D eigenvalue weighted by molar-refractivity contribution is 0.437. The molecule has 2 N–H and O–H groups in total. The summed E-state index contributed by atoms with van der Waals surface area (Å²) in [6.45, 7) is 0. The molecule has 0 saturated carbocycles. The van der Waals surface area contributed by atoms with Crippen molar-refractivity contribution in [3.8, 4) is 23.1 Å². The molecule has 20 heavy (non-hydrogen) atoms. The first kappa shape index (κ1) is 12.4. The Labute approximate surface area is 121 Å². The zero-order chi connectivity index (χ0) is 14.3. The summed E-state index contributed by atoms with van der Waals surface area (Å²) < 4.78 is 1.92. The number of nitrogens with one attached hydrogen (secondary N) is 1. The van der Waals surface area contributed by atoms with E-state index in [4.69, 9.17) is 5.26 Å². The van der Waals surface area contributed by atoms with Crippen LogP contribution in [0.1, 0.15) is 5.56 Å². The molecule has 2 heterocycles. The molecule has 0 aliphatic carbocycles. The van der Waals surface area contributed by atoms with Gasteiger partial charge in [-0.05, 0) is 17.7 Å². The standard InChI is InChI=1S/C13H7BrN4O2/c14-9-3-1-2-7(4-9)10-12(19)17-11-8(5-15)6-16-18(11)13(10)20/h1-4,6,20H,(H,17,19). The number of aromatic amines is 1. The number of aromatic hydroxyl groups is 1. The van der Waals surface area contributed by atoms with Gasteiger partial charge in [0.1, 0.15) is 17.2 Å². The van der Waals surface area contributed by atoms with Crippen LogP contribution in [-0.2, 0) is 0 Å². The fourth-order valence-corrected chi connectivity index (χ4v) is 2.39. The molecule has 3 aromatic rings. The maximum absolute atomic E-state index is 12.2. The van der Waals surface area contributed by atoms with Crippen molar-refractivity contribution in [1.82, 2.24) is 14.6 Å². The number of nitrogens with zero attached hydrogens (tertiary/aromatic N) is 3. The van der Waals surface area contributed by atoms with E-state index in [1.807, 2.05) is 12.1 Å². The van der Waals surface area contributed by atoms with E-state index in [1.54, 1.807) is 18.2 Å². The van der Waals surface area contributed by atoms with Crippen LogP contribution in [0.5, 0.6) is 5.88 Å². The Balaban J connectivity index is 2.39. The predicted octanol–water partition coefficient (Wildman–Crippen LogP) is 2.03. The van der Waals surface area contributed by atoms with Crippen LogP contribution in [-0.4, -0.2) is 19.7 Å². The number of fused-ring (bicyclic) bond motifs is 1. The van der Waals surface area contributed by atoms with E-state index >= 15 is 0 Å². The topological polar surface area (TPSA) is 94.2 Å². The molecule has 0 aliphatic rings. The highest BCUT2D eigenvalue weighted by molar-refractivity contribution is 9.10. The second-order valence-corrected chi connectivity index (χ2v) is 5.01. The van der Waals surface area contributed by atoms with Gasteiger partial charge in [0.25, 0.3) is 5.56 Å². The molecule has 0 saturated heterocycles. The van der Waals surface area contributed by atoms with Gasteiger partial charge in [-0.1, -0.05) is 28.1 Å². The van der Waals surface area contributed by atoms with Gasteiger partial charge in [-0.3, -0.25) is 4.79 Å². The van der Waals surface area contributed by atoms with Crippen LogP contribution in [0.4, 0.5) is 0 Å². The summed E-state index contributed by atoms with van der Waals surface area (Å²) in [5.41, 5.74) is 0.539. The van der Waals surface area contributed by atoms with Gasteiger partial charge in [0.2, 0.25) is 5.88 Å². The smallest absolute Gasteiger partial charge is 0.262 e. The molecule has 0 unspecified atom stereocenters. The molecule has 7 heteroatoms. The molecule has 2 aromatic heterocycles. The molecule has 0 radical (unpaired) electrons. The molecule has 0 fully saturated rings. The van der Waals surface area contributed by atoms with Crippen LogP contribution in [0.3, 0.4) is 0 Å². The van der Waals surface area contributed by atoms with Gasteiger partial charge < -0.3 is 10.1 Å². The van der Waals surface area contributed by atoms with Crippen LogP contribution in [0.2, 0.25) is 0 Å². The van der Waals surface area contributed by atoms with Gasteiger partial charge in [-0.2, -0.15) is 14.9 Å². The SMILES string of the molecule is N#Cc1cnn2c(O)c(-c3cccc(Br)c3)c(=O)[nH]c12. The fourth-order valence-electron chi connectivity index (χ4n) is 1.99. The number of aromatic nitrogens is 3. The van der Waals surface area contributed by atoms with E-state index in [1.165, 1.54) is 6.20 Å². The molecule has 0 aliphatic heterocycles. The molecular formula is C13H7BrN4O2. The minimum Gasteiger partial charge on any atom is -0.493 e. The summed E-state index contributed by atoms with van der Waals surface area (Å²) in [7, 11) is 0. The van der Waals surface area contributed by atoms with E-state index in [0.29, 0.717) is 5.56 Å². The van der Waals surface area contributed by atoms with Crippen LogP contribution in [0.25, 0.3) is 16.8 Å². The third kappa shape index (κ3) is 1.78. The molecular weight excluding hydrogens is 324 g/mol. The molecule has 0 atom stereocenters. The van der Waals surface area contributed by atoms with Gasteiger partial charge in [-0.15, -0.1) is 0 Å². The first-order chi connectivity index (χ1) is 9.61. The van der Waals surface area contributed by atoms with E-state index in [9.17, 15) is 9.90 Å². The zero-order valence-corrected chi connectivity index (χ0v) is 11.5. The number of hydrogen-bond donors (Lipinski definition) is 2. The van der Waals surface area contributed by atoms with Crippen LogP contribution < -0.4 is 5.56 Å². The van der Waals surface area contributed by atoms with Crippen LogP contribution in [0, 0.1) is 11.3 Å². The van der Waals surface area contributed by atoms with Crippen molar-refractivity contribution >= 4 is 21.6 Å². The summed E-state index contributed by atoms with van der Waals surface area (Å²) in [6, 6.07) is 8.89. The molecule has 0 spiro atoms. The van der Waals surface area contributed by atoms with Crippen molar-refractivity contribution in [1.29, 1.82) is 5.26 Å². The quantitative estimate of drug-likeness (QED) is 0.713. The summed E-state index contributed by atoms with van der Waals surface area (Å²) >= 11 is 3.31. The molecule has 0 amide bonds. The molecule has 3 rings (SSSR count). The van der Waals surface area contributed by atoms with Gasteiger partial charge in [0.05, 0.1) is 6.20 Å². The Morgan fingerprint density at radius 1 is 1.45 bits per heavy atom. The van der Waals surface area contributed by atoms with Crippen molar-refractivity contribution in [2.24, 2.45) is 0 Å². The van der Waals surface area contributed by atoms with Crippen LogP contribution in [0.15, 0.2) is 39.7 Å². The van der Waals surface area contributed by atoms with E-state index in [-0.39, 0.29) is 22.7 Å². The number of halogens is 1. The van der Waals surface area contributed by atoms with Crippen molar-refractivity contribution in [2.45, 2.75) is 0 Å². The summed E-state index contributed by atoms with van der Waals surface area (Å²) in [5, 5.41) is 23.1. The highest BCUT2D eigenvalue weighted by Crippen LogP contribution is 2.27. The van der Waals surface area contributed by atoms with E-state index in [2.05, 4.69) is 26.0 Å². The number of benzene rings is 1. The maximum atomic E-state index is 12.2. The monoisotopic (exact) mass is 330 g/mol. The lowest BCUT2D eigenvalue weighted by atomic mass is 10.1. The number of H-pyrrole nitrogens is 1. The van der Waals surface area contributed by atoms with E-state index in [0.717, 1.165) is 8.99 Å². The predicted molar refractivity (Wildman–Crippen MR) is 75.3 cm³/mol. The Hall–Kier alpha value is -2.59. The summed E-state index contributed by atoms with van der Waals surface area (Å²) in [6.07, 6.45) is 1.29. The minimum absolute atomic E-state index is 0.103. The minimum atomic E-state index is -0.481. The van der Waals surface area contributed by atoms with Crippen molar-refractivity contribution < 1.29 is 5.11 Å². The third-order valence-corrected chi connectivity index (χ3v) is 3.38. The Morgan fingerprint density at radius 2 is 2.25 bits per heavy atom. The molecule has 6 nitrogen and oxygen atoms in total. The maximum Gasteiger partial charge on any atom is 0.262 e. The first-order valence-electron chi connectivity index (χ1n) is 5.61. The lowest BCUT2D eigenvalue weighted by Gasteiger charge is -2.06. The molecule has 1 aromatic carbocycles. The number of hydrogen-bond acceptors (Lipinski definition) is 4. The summed E-state index contributed by atoms with van der Waals surface area (Å²) in [4.78, 5) is 14.7. The third-order valence-electron chi connectivity index (χ3n) is 2.89. The van der Waals surface area contributed by atoms with Gasteiger partial charge >= 0.3 is 0 Å². The largest absolute Gasteiger partial charge is 0.493 e. The molecule has 98 valence electrons. The normalized spacial score (nSPS) is 10.6. The van der Waals surface area contributed by atoms with Gasteiger partial charge in [-0.25, -0.2) is 0 Å². The highest BCUT2D eigenvalue weighted by Gasteiger charge is 2.17. The highest BCUT2D eigenvalue weighted by atomic mass is 79.9. The molecule has 0 bridgehead atoms. The van der Waals surface area contributed by atoms with Gasteiger partial charge in [0.15, 0.2) is 5.65 Å². The second kappa shape index (κ2) is 4.51. The number of rotatable bonds is 1. The zero-order valence-electron chi connectivity index (χ0n) is 9.96. The Kier molecular flexibility index (Phi) is 2.80. The Bertz CT molecular complexity index is 920. The first-order valence-corrected chi connectivity index (χ1v) is 6.40. The average molecular weight is 331 g/mol. The Morgan fingerprint density at radius 3 is 2.95 bits per heavy atom. The summed E-state index contributed by atoms with van der Waals surface area (Å²) in [5.74, 6) is -0.302. The fraction of sp³-hybridized carbons (Fsp3) is 0. The van der Waals surface area contributed by atoms with Crippen molar-refractivity contribution in [3.05, 3.63) is 50.9 Å². The number of nitriles is 1. The van der Waals surface area contributed by atoms with Crippen molar-refractivity contribution in [2.75, 3.05) is 0 Å². The van der Waals surface area contributed by atoms with E-state index < -0.39 is 5.56 Å². The lowest BCUT2D eigenvalue weighted by Crippen LogP contribution is -2.12. The van der Waals surface area contributed by atoms with Crippen molar-refractivity contribution in [3.63, 3.8) is 0 Å². The van der Waals surface area contributed by atoms with Crippen LogP contribution >= 0.6 is 15.9 Å². The second-order valence-electron chi connectivity index (χ2n) is 4.09. The van der Waals surface area contributed by atoms with Gasteiger partial charge in [0, 0.05) is 4.47 Å².